The van der Waals surface area contributed by atoms with Gasteiger partial charge in [0, 0.05) is 65.9 Å². The number of alkyl halides is 1. The first-order valence-electron chi connectivity index (χ1n) is 13.7. The van der Waals surface area contributed by atoms with Gasteiger partial charge in [0.1, 0.15) is 29.8 Å². The SMILES string of the molecule is N#CCC1CN(c2nc(OC[C@@]34CCCN3C[C@H](F)C4)nc3c(F)c(-c4csc5ccccc45)ncc23)CCN1. The summed E-state index contributed by atoms with van der Waals surface area (Å²) in [6, 6.07) is 10.1. The topological polar surface area (TPSA) is 90.2 Å². The quantitative estimate of drug-likeness (QED) is 0.363. The normalized spacial score (nSPS) is 25.0. The van der Waals surface area contributed by atoms with Gasteiger partial charge in [-0.25, -0.2) is 8.78 Å². The molecule has 0 amide bonds. The number of rotatable bonds is 6. The van der Waals surface area contributed by atoms with Crippen molar-refractivity contribution in [1.82, 2.24) is 25.2 Å². The molecule has 0 radical (unpaired) electrons. The number of hydrogen-bond donors (Lipinski definition) is 1. The van der Waals surface area contributed by atoms with E-state index in [-0.39, 0.29) is 35.4 Å². The fourth-order valence-corrected chi connectivity index (χ4v) is 7.53. The summed E-state index contributed by atoms with van der Waals surface area (Å²) < 4.78 is 38.0. The van der Waals surface area contributed by atoms with E-state index in [0.29, 0.717) is 50.2 Å². The minimum atomic E-state index is -0.874. The Kier molecular flexibility index (Phi) is 6.49. The van der Waals surface area contributed by atoms with E-state index in [4.69, 9.17) is 9.72 Å². The number of hydrogen-bond acceptors (Lipinski definition) is 9. The highest BCUT2D eigenvalue weighted by Gasteiger charge is 2.49. The van der Waals surface area contributed by atoms with Gasteiger partial charge in [-0.05, 0) is 25.5 Å². The number of thiophene rings is 1. The molecule has 3 saturated heterocycles. The molecule has 0 saturated carbocycles. The lowest BCUT2D eigenvalue weighted by molar-refractivity contribution is 0.107. The number of nitrogens with zero attached hydrogens (tertiary/aromatic N) is 6. The Labute approximate surface area is 234 Å². The summed E-state index contributed by atoms with van der Waals surface area (Å²) in [4.78, 5) is 18.1. The molecule has 4 aromatic rings. The van der Waals surface area contributed by atoms with E-state index in [1.807, 2.05) is 34.5 Å². The summed E-state index contributed by atoms with van der Waals surface area (Å²) in [6.45, 7) is 3.37. The van der Waals surface area contributed by atoms with Crippen LogP contribution in [0.15, 0.2) is 35.8 Å². The zero-order chi connectivity index (χ0) is 27.3. The van der Waals surface area contributed by atoms with Crippen LogP contribution >= 0.6 is 11.3 Å². The molecule has 0 spiro atoms. The summed E-state index contributed by atoms with van der Waals surface area (Å²) in [5.41, 5.74) is 0.730. The third-order valence-corrected chi connectivity index (χ3v) is 9.47. The van der Waals surface area contributed by atoms with Crippen molar-refractivity contribution in [3.8, 4) is 23.3 Å². The predicted molar refractivity (Wildman–Crippen MR) is 151 cm³/mol. The Morgan fingerprint density at radius 3 is 3.00 bits per heavy atom. The number of anilines is 1. The van der Waals surface area contributed by atoms with Gasteiger partial charge < -0.3 is 15.0 Å². The highest BCUT2D eigenvalue weighted by molar-refractivity contribution is 7.17. The number of nitrogens with one attached hydrogen (secondary N) is 1. The van der Waals surface area contributed by atoms with Gasteiger partial charge in [-0.2, -0.15) is 15.2 Å². The Morgan fingerprint density at radius 1 is 1.20 bits per heavy atom. The summed E-state index contributed by atoms with van der Waals surface area (Å²) in [7, 11) is 0. The third kappa shape index (κ3) is 4.35. The van der Waals surface area contributed by atoms with Gasteiger partial charge in [-0.3, -0.25) is 9.88 Å². The van der Waals surface area contributed by atoms with Crippen molar-refractivity contribution in [3.05, 3.63) is 41.7 Å². The molecule has 6 heterocycles. The van der Waals surface area contributed by atoms with Crippen LogP contribution in [0.3, 0.4) is 0 Å². The first-order valence-corrected chi connectivity index (χ1v) is 14.6. The molecule has 3 aliphatic rings. The van der Waals surface area contributed by atoms with Crippen molar-refractivity contribution in [3.63, 3.8) is 0 Å². The van der Waals surface area contributed by atoms with E-state index in [9.17, 15) is 9.65 Å². The van der Waals surface area contributed by atoms with Crippen LogP contribution in [-0.4, -0.2) is 76.9 Å². The van der Waals surface area contributed by atoms with Crippen LogP contribution in [0.1, 0.15) is 25.7 Å². The summed E-state index contributed by atoms with van der Waals surface area (Å²) in [5.74, 6) is 0.0109. The van der Waals surface area contributed by atoms with Gasteiger partial charge in [0.25, 0.3) is 0 Å². The first-order chi connectivity index (χ1) is 19.5. The van der Waals surface area contributed by atoms with Crippen molar-refractivity contribution in [1.29, 1.82) is 5.26 Å². The van der Waals surface area contributed by atoms with Crippen molar-refractivity contribution in [2.75, 3.05) is 44.2 Å². The van der Waals surface area contributed by atoms with E-state index in [1.165, 1.54) is 0 Å². The van der Waals surface area contributed by atoms with E-state index in [1.54, 1.807) is 17.5 Å². The number of ether oxygens (including phenoxy) is 1. The van der Waals surface area contributed by atoms with Crippen LogP contribution < -0.4 is 15.0 Å². The molecule has 3 fully saturated rings. The zero-order valence-electron chi connectivity index (χ0n) is 21.9. The van der Waals surface area contributed by atoms with Gasteiger partial charge in [0.05, 0.1) is 23.4 Å². The van der Waals surface area contributed by atoms with Crippen LogP contribution in [0.2, 0.25) is 0 Å². The number of halogens is 2. The van der Waals surface area contributed by atoms with Gasteiger partial charge in [-0.15, -0.1) is 11.3 Å². The second-order valence-electron chi connectivity index (χ2n) is 11.0. The maximum atomic E-state index is 16.4. The van der Waals surface area contributed by atoms with Crippen LogP contribution in [0, 0.1) is 17.1 Å². The molecule has 206 valence electrons. The fraction of sp³-hybridized carbons (Fsp3) is 0.448. The van der Waals surface area contributed by atoms with Crippen LogP contribution in [0.5, 0.6) is 6.01 Å². The van der Waals surface area contributed by atoms with Crippen LogP contribution in [0.4, 0.5) is 14.6 Å². The number of pyridine rings is 1. The Bertz CT molecular complexity index is 1620. The lowest BCUT2D eigenvalue weighted by atomic mass is 9.95. The standard InChI is InChI=1S/C29H29F2N7OS/c30-18-12-29(7-3-10-38(29)14-18)17-39-28-35-26-21(27(36-28)37-11-9-33-19(15-37)6-8-32)13-34-25(24(26)31)22-16-40-23-5-2-1-4-20(22)23/h1-2,4-5,13,16,18-19,33H,3,6-7,9-12,14-15,17H2/t18-,19?,29+/m1/s1. The average Bonchev–Trinajstić information content (AvgIpc) is 3.64. The highest BCUT2D eigenvalue weighted by Crippen LogP contribution is 2.41. The lowest BCUT2D eigenvalue weighted by Crippen LogP contribution is -2.51. The smallest absolute Gasteiger partial charge is 0.319 e. The molecule has 8 nitrogen and oxygen atoms in total. The number of benzene rings is 1. The number of fused-ring (bicyclic) bond motifs is 3. The second kappa shape index (κ2) is 10.2. The Balaban J connectivity index is 1.31. The molecule has 1 N–H and O–H groups in total. The van der Waals surface area contributed by atoms with E-state index < -0.39 is 12.0 Å². The molecular weight excluding hydrogens is 532 g/mol. The van der Waals surface area contributed by atoms with Gasteiger partial charge >= 0.3 is 6.01 Å². The molecular formula is C29H29F2N7OS. The molecule has 3 aliphatic heterocycles. The van der Waals surface area contributed by atoms with E-state index in [2.05, 4.69) is 26.3 Å². The maximum absolute atomic E-state index is 16.4. The molecule has 3 atom stereocenters. The third-order valence-electron chi connectivity index (χ3n) is 8.50. The molecule has 0 bridgehead atoms. The molecule has 7 rings (SSSR count). The zero-order valence-corrected chi connectivity index (χ0v) is 22.8. The number of piperazine rings is 1. The van der Waals surface area contributed by atoms with Crippen molar-refractivity contribution in [2.45, 2.75) is 43.4 Å². The van der Waals surface area contributed by atoms with Gasteiger partial charge in [-0.1, -0.05) is 18.2 Å². The Hall–Kier alpha value is -3.46. The molecule has 0 aliphatic carbocycles. The molecule has 40 heavy (non-hydrogen) atoms. The Morgan fingerprint density at radius 2 is 2.10 bits per heavy atom. The van der Waals surface area contributed by atoms with Crippen LogP contribution in [0.25, 0.3) is 32.2 Å². The molecule has 1 aromatic carbocycles. The second-order valence-corrected chi connectivity index (χ2v) is 11.9. The van der Waals surface area contributed by atoms with Gasteiger partial charge in [0.15, 0.2) is 5.82 Å². The van der Waals surface area contributed by atoms with Crippen molar-refractivity contribution >= 4 is 38.1 Å². The monoisotopic (exact) mass is 561 g/mol. The summed E-state index contributed by atoms with van der Waals surface area (Å²) in [5, 5.41) is 16.0. The van der Waals surface area contributed by atoms with Crippen molar-refractivity contribution in [2.24, 2.45) is 0 Å². The van der Waals surface area contributed by atoms with E-state index >= 15 is 4.39 Å². The van der Waals surface area contributed by atoms with E-state index in [0.717, 1.165) is 35.0 Å². The first kappa shape index (κ1) is 25.5. The minimum absolute atomic E-state index is 0.0340. The number of nitriles is 1. The van der Waals surface area contributed by atoms with Crippen LogP contribution in [-0.2, 0) is 0 Å². The maximum Gasteiger partial charge on any atom is 0.319 e. The summed E-state index contributed by atoms with van der Waals surface area (Å²) in [6.07, 6.45) is 3.40. The summed E-state index contributed by atoms with van der Waals surface area (Å²) >= 11 is 1.55. The average molecular weight is 562 g/mol. The highest BCUT2D eigenvalue weighted by atomic mass is 32.1. The number of aromatic nitrogens is 3. The largest absolute Gasteiger partial charge is 0.461 e. The fourth-order valence-electron chi connectivity index (χ4n) is 6.59. The predicted octanol–water partition coefficient (Wildman–Crippen LogP) is 4.69. The lowest BCUT2D eigenvalue weighted by Gasteiger charge is -2.34. The van der Waals surface area contributed by atoms with Gasteiger partial charge in [0.2, 0.25) is 0 Å². The minimum Gasteiger partial charge on any atom is -0.461 e. The molecule has 1 unspecified atom stereocenters. The molecule has 3 aromatic heterocycles. The molecule has 11 heteroatoms. The van der Waals surface area contributed by atoms with Crippen molar-refractivity contribution < 1.29 is 13.5 Å².